The minimum absolute atomic E-state index is 0.980. The molecule has 0 bridgehead atoms. The van der Waals surface area contributed by atoms with Crippen LogP contribution in [0.25, 0.3) is 115 Å². The highest BCUT2D eigenvalue weighted by atomic mass is 15.0. The average Bonchev–Trinajstić information content (AvgIpc) is 3.94. The van der Waals surface area contributed by atoms with Crippen LogP contribution in [0.2, 0.25) is 0 Å². The molecule has 0 atom stereocenters. The highest BCUT2D eigenvalue weighted by Crippen LogP contribution is 2.43. The normalized spacial score (nSPS) is 12.1. The summed E-state index contributed by atoms with van der Waals surface area (Å²) in [6.07, 6.45) is 0. The minimum atomic E-state index is 0.980. The van der Waals surface area contributed by atoms with Gasteiger partial charge in [-0.05, 0) is 78.9 Å². The Morgan fingerprint density at radius 1 is 0.271 bits per heavy atom. The van der Waals surface area contributed by atoms with E-state index in [0.717, 1.165) is 44.6 Å². The summed E-state index contributed by atoms with van der Waals surface area (Å²) in [4.78, 5) is 5.44. The van der Waals surface area contributed by atoms with E-state index < -0.39 is 0 Å². The molecule has 0 aliphatic heterocycles. The van der Waals surface area contributed by atoms with Crippen molar-refractivity contribution in [1.82, 2.24) is 18.7 Å². The van der Waals surface area contributed by atoms with Crippen LogP contribution in [0.5, 0.6) is 0 Å². The maximum atomic E-state index is 5.44. The Labute approximate surface area is 339 Å². The number of benzene rings is 9. The highest BCUT2D eigenvalue weighted by Gasteiger charge is 2.21. The Hall–Kier alpha value is -7.95. The van der Waals surface area contributed by atoms with Crippen molar-refractivity contribution in [3.63, 3.8) is 0 Å². The number of aromatic nitrogens is 4. The zero-order chi connectivity index (χ0) is 38.6. The summed E-state index contributed by atoms with van der Waals surface area (Å²) in [6.45, 7) is 0. The minimum Gasteiger partial charge on any atom is -0.309 e. The van der Waals surface area contributed by atoms with Crippen molar-refractivity contribution in [2.45, 2.75) is 0 Å². The quantitative estimate of drug-likeness (QED) is 0.165. The number of pyridine rings is 1. The Kier molecular flexibility index (Phi) is 6.69. The largest absolute Gasteiger partial charge is 0.309 e. The molecular weight excluding hydrogens is 717 g/mol. The standard InChI is InChI=1S/C55H34N4/c1-2-16-36(17-3-1)57-50-28-13-8-23-43(50)54-52(57)32-30-44-53(54)42-22-4-9-24-46(42)56-55(44)35-15-14-18-37(33-35)58-49-27-12-7-21-41(49)45-34-38(29-31-51(45)58)59-47-25-10-5-19-39(47)40-20-6-11-26-48(40)59/h1-34H. The molecule has 0 N–H and O–H groups in total. The average molecular weight is 751 g/mol. The van der Waals surface area contributed by atoms with Crippen LogP contribution in [0.3, 0.4) is 0 Å². The number of nitrogens with zero attached hydrogens (tertiary/aromatic N) is 4. The predicted molar refractivity (Wildman–Crippen MR) is 248 cm³/mol. The maximum absolute atomic E-state index is 5.44. The molecule has 4 nitrogen and oxygen atoms in total. The predicted octanol–water partition coefficient (Wildman–Crippen LogP) is 14.3. The van der Waals surface area contributed by atoms with Crippen LogP contribution < -0.4 is 0 Å². The van der Waals surface area contributed by atoms with Gasteiger partial charge in [0.1, 0.15) is 0 Å². The topological polar surface area (TPSA) is 27.7 Å². The second-order valence-corrected chi connectivity index (χ2v) is 15.5. The van der Waals surface area contributed by atoms with Gasteiger partial charge >= 0.3 is 0 Å². The fourth-order valence-electron chi connectivity index (χ4n) is 9.95. The van der Waals surface area contributed by atoms with Crippen molar-refractivity contribution in [3.8, 4) is 28.3 Å². The SMILES string of the molecule is c1ccc(-n2c3ccccc3c3c4c(ccc32)c(-c2cccc(-n3c5ccccc5c5cc(-n6c7ccccc7c7ccccc76)ccc53)c2)nc2ccccc24)cc1. The van der Waals surface area contributed by atoms with Crippen molar-refractivity contribution in [3.05, 3.63) is 206 Å². The number of hydrogen-bond donors (Lipinski definition) is 0. The van der Waals surface area contributed by atoms with Crippen LogP contribution in [0.15, 0.2) is 206 Å². The Morgan fingerprint density at radius 2 is 0.763 bits per heavy atom. The van der Waals surface area contributed by atoms with E-state index in [2.05, 4.69) is 220 Å². The third kappa shape index (κ3) is 4.57. The first-order chi connectivity index (χ1) is 29.3. The van der Waals surface area contributed by atoms with Gasteiger partial charge in [-0.1, -0.05) is 127 Å². The lowest BCUT2D eigenvalue weighted by molar-refractivity contribution is 1.16. The molecule has 13 rings (SSSR count). The molecule has 0 aliphatic rings. The van der Waals surface area contributed by atoms with Gasteiger partial charge in [0.25, 0.3) is 0 Å². The molecule has 0 amide bonds. The van der Waals surface area contributed by atoms with Crippen LogP contribution in [0.4, 0.5) is 0 Å². The number of rotatable bonds is 4. The first kappa shape index (κ1) is 32.2. The second kappa shape index (κ2) is 12.3. The Morgan fingerprint density at radius 3 is 1.46 bits per heavy atom. The third-order valence-electron chi connectivity index (χ3n) is 12.4. The Bertz CT molecular complexity index is 3790. The van der Waals surface area contributed by atoms with Crippen molar-refractivity contribution in [2.24, 2.45) is 0 Å². The van der Waals surface area contributed by atoms with Crippen LogP contribution in [0.1, 0.15) is 0 Å². The molecule has 0 unspecified atom stereocenters. The molecule has 0 spiro atoms. The van der Waals surface area contributed by atoms with Gasteiger partial charge in [-0.3, -0.25) is 0 Å². The molecule has 0 aliphatic carbocycles. The van der Waals surface area contributed by atoms with E-state index in [4.69, 9.17) is 4.98 Å². The van der Waals surface area contributed by atoms with Crippen LogP contribution in [0, 0.1) is 0 Å². The maximum Gasteiger partial charge on any atom is 0.0789 e. The summed E-state index contributed by atoms with van der Waals surface area (Å²) in [5.74, 6) is 0. The molecule has 59 heavy (non-hydrogen) atoms. The molecule has 274 valence electrons. The van der Waals surface area contributed by atoms with Crippen LogP contribution in [-0.4, -0.2) is 18.7 Å². The summed E-state index contributed by atoms with van der Waals surface area (Å²) < 4.78 is 7.22. The van der Waals surface area contributed by atoms with E-state index in [1.165, 1.54) is 70.8 Å². The van der Waals surface area contributed by atoms with Gasteiger partial charge in [-0.2, -0.15) is 0 Å². The van der Waals surface area contributed by atoms with Crippen molar-refractivity contribution in [1.29, 1.82) is 0 Å². The highest BCUT2D eigenvalue weighted by molar-refractivity contribution is 6.29. The molecular formula is C55H34N4. The second-order valence-electron chi connectivity index (χ2n) is 15.5. The summed E-state index contributed by atoms with van der Waals surface area (Å²) >= 11 is 0. The first-order valence-electron chi connectivity index (χ1n) is 20.2. The van der Waals surface area contributed by atoms with Gasteiger partial charge in [-0.15, -0.1) is 0 Å². The molecule has 13 aromatic rings. The van der Waals surface area contributed by atoms with Gasteiger partial charge in [0.05, 0.1) is 44.3 Å². The molecule has 0 saturated heterocycles. The molecule has 0 saturated carbocycles. The number of hydrogen-bond acceptors (Lipinski definition) is 1. The summed E-state index contributed by atoms with van der Waals surface area (Å²) in [5.41, 5.74) is 13.6. The lowest BCUT2D eigenvalue weighted by atomic mass is 9.96. The van der Waals surface area contributed by atoms with Crippen molar-refractivity contribution in [2.75, 3.05) is 0 Å². The van der Waals surface area contributed by atoms with Crippen molar-refractivity contribution >= 4 is 87.1 Å². The molecule has 4 aromatic heterocycles. The number of para-hydroxylation sites is 6. The van der Waals surface area contributed by atoms with Gasteiger partial charge in [0, 0.05) is 71.1 Å². The van der Waals surface area contributed by atoms with Gasteiger partial charge in [0.2, 0.25) is 0 Å². The van der Waals surface area contributed by atoms with E-state index in [0.29, 0.717) is 0 Å². The van der Waals surface area contributed by atoms with Gasteiger partial charge in [0.15, 0.2) is 0 Å². The van der Waals surface area contributed by atoms with E-state index in [1.807, 2.05) is 0 Å². The van der Waals surface area contributed by atoms with Gasteiger partial charge in [-0.25, -0.2) is 4.98 Å². The Balaban J connectivity index is 1.05. The molecule has 0 fully saturated rings. The van der Waals surface area contributed by atoms with Crippen LogP contribution >= 0.6 is 0 Å². The zero-order valence-electron chi connectivity index (χ0n) is 31.9. The molecule has 0 radical (unpaired) electrons. The smallest absolute Gasteiger partial charge is 0.0789 e. The third-order valence-corrected chi connectivity index (χ3v) is 12.4. The summed E-state index contributed by atoms with van der Waals surface area (Å²) in [5, 5.41) is 11.0. The molecule has 9 aromatic carbocycles. The fraction of sp³-hybridized carbons (Fsp3) is 0. The van der Waals surface area contributed by atoms with Crippen LogP contribution in [-0.2, 0) is 0 Å². The lowest BCUT2D eigenvalue weighted by Crippen LogP contribution is -1.97. The van der Waals surface area contributed by atoms with Gasteiger partial charge < -0.3 is 13.7 Å². The number of fused-ring (bicyclic) bond motifs is 13. The molecule has 4 heteroatoms. The van der Waals surface area contributed by atoms with E-state index in [1.54, 1.807) is 0 Å². The monoisotopic (exact) mass is 750 g/mol. The van der Waals surface area contributed by atoms with E-state index >= 15 is 0 Å². The molecule has 4 heterocycles. The summed E-state index contributed by atoms with van der Waals surface area (Å²) in [7, 11) is 0. The fourth-order valence-corrected chi connectivity index (χ4v) is 9.95. The lowest BCUT2D eigenvalue weighted by Gasteiger charge is -2.14. The summed E-state index contributed by atoms with van der Waals surface area (Å²) in [6, 6.07) is 74.8. The van der Waals surface area contributed by atoms with Crippen molar-refractivity contribution < 1.29 is 0 Å². The zero-order valence-corrected chi connectivity index (χ0v) is 31.9. The first-order valence-corrected chi connectivity index (χ1v) is 20.2. The van der Waals surface area contributed by atoms with E-state index in [9.17, 15) is 0 Å². The van der Waals surface area contributed by atoms with E-state index in [-0.39, 0.29) is 0 Å².